The van der Waals surface area contributed by atoms with Gasteiger partial charge in [-0.25, -0.2) is 0 Å². The number of hydrogen-bond donors (Lipinski definition) is 1. The van der Waals surface area contributed by atoms with Gasteiger partial charge in [-0.1, -0.05) is 0 Å². The summed E-state index contributed by atoms with van der Waals surface area (Å²) in [5.41, 5.74) is 0.435. The summed E-state index contributed by atoms with van der Waals surface area (Å²) in [7, 11) is 0. The Hall–Kier alpha value is -0.0400. The maximum atomic E-state index is 8.86. The molecule has 3 rings (SSSR count). The molecule has 1 nitrogen and oxygen atoms in total. The lowest BCUT2D eigenvalue weighted by atomic mass is 9.70. The normalized spacial score (nSPS) is 51.4. The highest BCUT2D eigenvalue weighted by molar-refractivity contribution is 5.00. The third-order valence-corrected chi connectivity index (χ3v) is 2.86. The van der Waals surface area contributed by atoms with Crippen molar-refractivity contribution in [2.24, 2.45) is 11.3 Å². The van der Waals surface area contributed by atoms with Crippen LogP contribution in [-0.4, -0.2) is 11.7 Å². The second-order valence-corrected chi connectivity index (χ2v) is 3.47. The Morgan fingerprint density at radius 2 is 2.25 bits per heavy atom. The van der Waals surface area contributed by atoms with E-state index in [4.69, 9.17) is 5.11 Å². The third kappa shape index (κ3) is 0.408. The summed E-state index contributed by atoms with van der Waals surface area (Å²) >= 11 is 0. The van der Waals surface area contributed by atoms with Crippen molar-refractivity contribution >= 4 is 0 Å². The molecule has 0 aromatic heterocycles. The van der Waals surface area contributed by atoms with Gasteiger partial charge in [0.05, 0.1) is 0 Å². The smallest absolute Gasteiger partial charge is 0.0487 e. The van der Waals surface area contributed by atoms with E-state index >= 15 is 0 Å². The molecule has 3 fully saturated rings. The zero-order valence-corrected chi connectivity index (χ0v) is 5.06. The molecule has 8 heavy (non-hydrogen) atoms. The molecular weight excluding hydrogens is 100 g/mol. The van der Waals surface area contributed by atoms with Crippen molar-refractivity contribution in [1.29, 1.82) is 0 Å². The molecule has 0 heterocycles. The molecule has 0 aromatic carbocycles. The molecule has 3 saturated carbocycles. The van der Waals surface area contributed by atoms with Gasteiger partial charge in [0.25, 0.3) is 0 Å². The molecule has 3 aliphatic carbocycles. The first-order chi connectivity index (χ1) is 3.85. The lowest BCUT2D eigenvalue weighted by Crippen LogP contribution is -2.31. The molecule has 0 spiro atoms. The minimum atomic E-state index is 0.435. The minimum absolute atomic E-state index is 0.435. The predicted octanol–water partition coefficient (Wildman–Crippen LogP) is 1.17. The average molecular weight is 112 g/mol. The standard InChI is InChI=1S/C7H12O/c8-5-7-2-1-6(3-7)4-7/h6,8H,1-5H2. The number of fused-ring (bicyclic) bond motifs is 1. The van der Waals surface area contributed by atoms with Crippen LogP contribution in [0.15, 0.2) is 0 Å². The lowest BCUT2D eigenvalue weighted by Gasteiger charge is -2.36. The maximum absolute atomic E-state index is 8.86. The number of aliphatic hydroxyl groups excluding tert-OH is 1. The Labute approximate surface area is 49.7 Å². The monoisotopic (exact) mass is 112 g/mol. The number of rotatable bonds is 1. The first-order valence-corrected chi connectivity index (χ1v) is 3.46. The molecule has 3 aliphatic rings. The van der Waals surface area contributed by atoms with Gasteiger partial charge in [-0.2, -0.15) is 0 Å². The molecule has 1 N–H and O–H groups in total. The van der Waals surface area contributed by atoms with Crippen molar-refractivity contribution in [1.82, 2.24) is 0 Å². The van der Waals surface area contributed by atoms with Crippen LogP contribution in [0.3, 0.4) is 0 Å². The van der Waals surface area contributed by atoms with Crippen molar-refractivity contribution in [2.45, 2.75) is 25.7 Å². The van der Waals surface area contributed by atoms with Crippen molar-refractivity contribution in [3.63, 3.8) is 0 Å². The fraction of sp³-hybridized carbons (Fsp3) is 1.00. The topological polar surface area (TPSA) is 20.2 Å². The van der Waals surface area contributed by atoms with Crippen molar-refractivity contribution in [2.75, 3.05) is 6.61 Å². The van der Waals surface area contributed by atoms with Crippen molar-refractivity contribution in [3.8, 4) is 0 Å². The Morgan fingerprint density at radius 1 is 1.50 bits per heavy atom. The fourth-order valence-corrected chi connectivity index (χ4v) is 2.29. The molecule has 0 radical (unpaired) electrons. The highest BCUT2D eigenvalue weighted by Crippen LogP contribution is 2.58. The minimum Gasteiger partial charge on any atom is -0.396 e. The van der Waals surface area contributed by atoms with E-state index < -0.39 is 0 Å². The van der Waals surface area contributed by atoms with Gasteiger partial charge in [0.2, 0.25) is 0 Å². The van der Waals surface area contributed by atoms with Gasteiger partial charge >= 0.3 is 0 Å². The maximum Gasteiger partial charge on any atom is 0.0487 e. The van der Waals surface area contributed by atoms with Crippen LogP contribution in [-0.2, 0) is 0 Å². The summed E-state index contributed by atoms with van der Waals surface area (Å²) in [6.07, 6.45) is 5.34. The largest absolute Gasteiger partial charge is 0.396 e. The second kappa shape index (κ2) is 1.27. The summed E-state index contributed by atoms with van der Waals surface area (Å²) in [6.45, 7) is 0.448. The molecule has 1 heteroatoms. The van der Waals surface area contributed by atoms with Crippen molar-refractivity contribution < 1.29 is 5.11 Å². The molecule has 0 saturated heterocycles. The van der Waals surface area contributed by atoms with Gasteiger partial charge in [-0.3, -0.25) is 0 Å². The van der Waals surface area contributed by atoms with Crippen LogP contribution in [0.25, 0.3) is 0 Å². The van der Waals surface area contributed by atoms with E-state index in [0.29, 0.717) is 12.0 Å². The Morgan fingerprint density at radius 3 is 2.50 bits per heavy atom. The third-order valence-electron chi connectivity index (χ3n) is 2.86. The van der Waals surface area contributed by atoms with E-state index in [2.05, 4.69) is 0 Å². The highest BCUT2D eigenvalue weighted by atomic mass is 16.3. The van der Waals surface area contributed by atoms with Gasteiger partial charge in [-0.15, -0.1) is 0 Å². The second-order valence-electron chi connectivity index (χ2n) is 3.47. The van der Waals surface area contributed by atoms with Gasteiger partial charge < -0.3 is 5.11 Å². The molecular formula is C7H12O. The number of aliphatic hydroxyl groups is 1. The van der Waals surface area contributed by atoms with Crippen molar-refractivity contribution in [3.05, 3.63) is 0 Å². The average Bonchev–Trinajstić information content (AvgIpc) is 2.17. The summed E-state index contributed by atoms with van der Waals surface area (Å²) in [6, 6.07) is 0. The van der Waals surface area contributed by atoms with E-state index in [0.717, 1.165) is 5.92 Å². The van der Waals surface area contributed by atoms with E-state index in [1.165, 1.54) is 25.7 Å². The summed E-state index contributed by atoms with van der Waals surface area (Å²) in [5, 5.41) is 8.86. The van der Waals surface area contributed by atoms with Crippen LogP contribution in [0.5, 0.6) is 0 Å². The molecule has 46 valence electrons. The van der Waals surface area contributed by atoms with Gasteiger partial charge in [-0.05, 0) is 37.0 Å². The summed E-state index contributed by atoms with van der Waals surface area (Å²) in [5.74, 6) is 1.00. The van der Waals surface area contributed by atoms with Gasteiger partial charge in [0, 0.05) is 6.61 Å². The lowest BCUT2D eigenvalue weighted by molar-refractivity contribution is 0.0560. The zero-order valence-electron chi connectivity index (χ0n) is 5.06. The first-order valence-electron chi connectivity index (χ1n) is 3.46. The van der Waals surface area contributed by atoms with Crippen LogP contribution in [0.2, 0.25) is 0 Å². The highest BCUT2D eigenvalue weighted by Gasteiger charge is 2.49. The van der Waals surface area contributed by atoms with Crippen LogP contribution in [0.4, 0.5) is 0 Å². The van der Waals surface area contributed by atoms with E-state index in [-0.39, 0.29) is 0 Å². The number of hydrogen-bond acceptors (Lipinski definition) is 1. The van der Waals surface area contributed by atoms with E-state index in [1.807, 2.05) is 0 Å². The molecule has 2 bridgehead atoms. The summed E-state index contributed by atoms with van der Waals surface area (Å²) in [4.78, 5) is 0. The van der Waals surface area contributed by atoms with Crippen LogP contribution >= 0.6 is 0 Å². The van der Waals surface area contributed by atoms with Crippen LogP contribution in [0, 0.1) is 11.3 Å². The Balaban J connectivity index is 2.09. The van der Waals surface area contributed by atoms with Gasteiger partial charge in [0.1, 0.15) is 0 Å². The van der Waals surface area contributed by atoms with E-state index in [1.54, 1.807) is 0 Å². The molecule has 0 amide bonds. The van der Waals surface area contributed by atoms with Crippen LogP contribution in [0.1, 0.15) is 25.7 Å². The SMILES string of the molecule is OCC12CCC(C1)C2. The first kappa shape index (κ1) is 4.80. The molecule has 0 unspecified atom stereocenters. The van der Waals surface area contributed by atoms with Crippen LogP contribution < -0.4 is 0 Å². The predicted molar refractivity (Wildman–Crippen MR) is 31.5 cm³/mol. The fourth-order valence-electron chi connectivity index (χ4n) is 2.29. The molecule has 0 aliphatic heterocycles. The van der Waals surface area contributed by atoms with Gasteiger partial charge in [0.15, 0.2) is 0 Å². The Bertz CT molecular complexity index is 97.4. The quantitative estimate of drug-likeness (QED) is 0.540. The zero-order chi connectivity index (χ0) is 5.61. The molecule has 0 atom stereocenters. The summed E-state index contributed by atoms with van der Waals surface area (Å²) < 4.78 is 0. The van der Waals surface area contributed by atoms with E-state index in [9.17, 15) is 0 Å². The Kier molecular flexibility index (Phi) is 0.762. The molecule has 0 aromatic rings.